The van der Waals surface area contributed by atoms with Gasteiger partial charge in [-0.05, 0) is 43.4 Å². The molecule has 6 nitrogen and oxygen atoms in total. The first-order valence-electron chi connectivity index (χ1n) is 7.93. The van der Waals surface area contributed by atoms with Crippen LogP contribution in [0.5, 0.6) is 0 Å². The average Bonchev–Trinajstić information content (AvgIpc) is 2.53. The second-order valence-corrected chi connectivity index (χ2v) is 8.20. The number of rotatable bonds is 5. The molecule has 2 rings (SSSR count). The lowest BCUT2D eigenvalue weighted by Gasteiger charge is -2.30. The van der Waals surface area contributed by atoms with E-state index in [9.17, 15) is 13.2 Å². The van der Waals surface area contributed by atoms with Crippen LogP contribution >= 0.6 is 12.4 Å². The van der Waals surface area contributed by atoms with Gasteiger partial charge in [0.25, 0.3) is 0 Å². The Bertz CT molecular complexity index is 647. The number of amides is 1. The number of hydrogen-bond acceptors (Lipinski definition) is 4. The fraction of sp³-hybridized carbons (Fsp3) is 0.562. The van der Waals surface area contributed by atoms with Crippen molar-refractivity contribution in [2.75, 3.05) is 13.1 Å². The summed E-state index contributed by atoms with van der Waals surface area (Å²) >= 11 is 0. The SMILES string of the molecule is CC1CCCN(S(=O)(=O)c2ccc(CNC(=O)[C@@H](C)N)cc2)C1.Cl. The number of piperidine rings is 1. The van der Waals surface area contributed by atoms with Crippen LogP contribution in [-0.4, -0.2) is 37.8 Å². The fourth-order valence-electron chi connectivity index (χ4n) is 2.64. The molecule has 0 aliphatic carbocycles. The highest BCUT2D eigenvalue weighted by Crippen LogP contribution is 2.23. The van der Waals surface area contributed by atoms with E-state index in [4.69, 9.17) is 5.73 Å². The minimum atomic E-state index is -3.43. The predicted octanol–water partition coefficient (Wildman–Crippen LogP) is 1.49. The Morgan fingerprint density at radius 2 is 2.00 bits per heavy atom. The van der Waals surface area contributed by atoms with Crippen molar-refractivity contribution in [2.24, 2.45) is 11.7 Å². The molecule has 8 heteroatoms. The molecular formula is C16H26ClN3O3S. The van der Waals surface area contributed by atoms with E-state index in [1.165, 1.54) is 0 Å². The summed E-state index contributed by atoms with van der Waals surface area (Å²) in [5, 5.41) is 2.70. The number of halogens is 1. The molecule has 1 unspecified atom stereocenters. The molecule has 1 saturated heterocycles. The number of nitrogens with zero attached hydrogens (tertiary/aromatic N) is 1. The smallest absolute Gasteiger partial charge is 0.243 e. The zero-order chi connectivity index (χ0) is 17.0. The molecule has 1 fully saturated rings. The van der Waals surface area contributed by atoms with Crippen LogP contribution < -0.4 is 11.1 Å². The van der Waals surface area contributed by atoms with E-state index in [0.717, 1.165) is 18.4 Å². The molecule has 1 amide bonds. The largest absolute Gasteiger partial charge is 0.351 e. The van der Waals surface area contributed by atoms with E-state index in [-0.39, 0.29) is 18.3 Å². The van der Waals surface area contributed by atoms with Crippen LogP contribution in [0.15, 0.2) is 29.2 Å². The van der Waals surface area contributed by atoms with Gasteiger partial charge in [-0.3, -0.25) is 4.79 Å². The normalized spacial score (nSPS) is 20.0. The first-order valence-corrected chi connectivity index (χ1v) is 9.37. The van der Waals surface area contributed by atoms with Crippen LogP contribution in [0.1, 0.15) is 32.3 Å². The topological polar surface area (TPSA) is 92.5 Å². The lowest BCUT2D eigenvalue weighted by atomic mass is 10.0. The minimum Gasteiger partial charge on any atom is -0.351 e. The molecular weight excluding hydrogens is 350 g/mol. The highest BCUT2D eigenvalue weighted by Gasteiger charge is 2.28. The Hall–Kier alpha value is -1.15. The number of nitrogens with one attached hydrogen (secondary N) is 1. The third-order valence-electron chi connectivity index (χ3n) is 4.06. The van der Waals surface area contributed by atoms with Crippen LogP contribution in [0, 0.1) is 5.92 Å². The van der Waals surface area contributed by atoms with E-state index in [0.29, 0.717) is 30.4 Å². The van der Waals surface area contributed by atoms with Gasteiger partial charge in [0.1, 0.15) is 0 Å². The molecule has 0 aromatic heterocycles. The number of sulfonamides is 1. The van der Waals surface area contributed by atoms with Crippen molar-refractivity contribution in [2.45, 2.75) is 44.2 Å². The third kappa shape index (κ3) is 5.17. The van der Waals surface area contributed by atoms with Crippen molar-refractivity contribution >= 4 is 28.3 Å². The molecule has 1 heterocycles. The lowest BCUT2D eigenvalue weighted by molar-refractivity contribution is -0.122. The van der Waals surface area contributed by atoms with E-state index in [1.54, 1.807) is 35.5 Å². The van der Waals surface area contributed by atoms with Crippen LogP contribution in [0.2, 0.25) is 0 Å². The zero-order valence-corrected chi connectivity index (χ0v) is 15.7. The standard InChI is InChI=1S/C16H25N3O3S.ClH/c1-12-4-3-9-19(11-12)23(21,22)15-7-5-14(6-8-15)10-18-16(20)13(2)17;/h5-8,12-13H,3-4,9-11,17H2,1-2H3,(H,18,20);1H/t12?,13-;/m1./s1. The highest BCUT2D eigenvalue weighted by molar-refractivity contribution is 7.89. The minimum absolute atomic E-state index is 0. The van der Waals surface area contributed by atoms with E-state index < -0.39 is 16.1 Å². The van der Waals surface area contributed by atoms with Gasteiger partial charge < -0.3 is 11.1 Å². The van der Waals surface area contributed by atoms with Gasteiger partial charge >= 0.3 is 0 Å². The Labute approximate surface area is 150 Å². The molecule has 0 spiro atoms. The first kappa shape index (κ1) is 20.9. The summed E-state index contributed by atoms with van der Waals surface area (Å²) in [7, 11) is -3.43. The number of carbonyl (C=O) groups excluding carboxylic acids is 1. The molecule has 0 radical (unpaired) electrons. The summed E-state index contributed by atoms with van der Waals surface area (Å²) < 4.78 is 26.8. The molecule has 0 bridgehead atoms. The second kappa shape index (κ2) is 8.80. The Kier molecular flexibility index (Phi) is 7.66. The van der Waals surface area contributed by atoms with Crippen LogP contribution in [-0.2, 0) is 21.4 Å². The maximum Gasteiger partial charge on any atom is 0.243 e. The van der Waals surface area contributed by atoms with Gasteiger partial charge in [-0.1, -0.05) is 19.1 Å². The average molecular weight is 376 g/mol. The third-order valence-corrected chi connectivity index (χ3v) is 5.94. The van der Waals surface area contributed by atoms with Gasteiger partial charge in [0.05, 0.1) is 10.9 Å². The van der Waals surface area contributed by atoms with Crippen molar-refractivity contribution in [3.8, 4) is 0 Å². The molecule has 1 aromatic rings. The monoisotopic (exact) mass is 375 g/mol. The molecule has 3 N–H and O–H groups in total. The second-order valence-electron chi connectivity index (χ2n) is 6.26. The van der Waals surface area contributed by atoms with E-state index in [1.807, 2.05) is 0 Å². The number of nitrogens with two attached hydrogens (primary N) is 1. The van der Waals surface area contributed by atoms with Gasteiger partial charge in [-0.2, -0.15) is 4.31 Å². The molecule has 1 aliphatic heterocycles. The maximum absolute atomic E-state index is 12.6. The Morgan fingerprint density at radius 3 is 2.54 bits per heavy atom. The highest BCUT2D eigenvalue weighted by atomic mass is 35.5. The van der Waals surface area contributed by atoms with Crippen molar-refractivity contribution in [3.05, 3.63) is 29.8 Å². The number of hydrogen-bond donors (Lipinski definition) is 2. The zero-order valence-electron chi connectivity index (χ0n) is 14.1. The first-order chi connectivity index (χ1) is 10.8. The fourth-order valence-corrected chi connectivity index (χ4v) is 4.24. The van der Waals surface area contributed by atoms with Gasteiger partial charge in [0.15, 0.2) is 0 Å². The lowest BCUT2D eigenvalue weighted by Crippen LogP contribution is -2.39. The van der Waals surface area contributed by atoms with Crippen molar-refractivity contribution in [1.82, 2.24) is 9.62 Å². The molecule has 136 valence electrons. The number of benzene rings is 1. The molecule has 1 aliphatic rings. The molecule has 2 atom stereocenters. The summed E-state index contributed by atoms with van der Waals surface area (Å²) in [6, 6.07) is 6.09. The molecule has 0 saturated carbocycles. The Morgan fingerprint density at radius 1 is 1.38 bits per heavy atom. The summed E-state index contributed by atoms with van der Waals surface area (Å²) in [6.45, 7) is 5.19. The van der Waals surface area contributed by atoms with Crippen LogP contribution in [0.25, 0.3) is 0 Å². The van der Waals surface area contributed by atoms with Crippen molar-refractivity contribution in [3.63, 3.8) is 0 Å². The summed E-state index contributed by atoms with van der Waals surface area (Å²) in [6.07, 6.45) is 1.98. The van der Waals surface area contributed by atoms with Crippen LogP contribution in [0.3, 0.4) is 0 Å². The van der Waals surface area contributed by atoms with Crippen LogP contribution in [0.4, 0.5) is 0 Å². The summed E-state index contributed by atoms with van der Waals surface area (Å²) in [4.78, 5) is 11.7. The Balaban J connectivity index is 0.00000288. The molecule has 24 heavy (non-hydrogen) atoms. The predicted molar refractivity (Wildman–Crippen MR) is 96.3 cm³/mol. The van der Waals surface area contributed by atoms with Crippen molar-refractivity contribution in [1.29, 1.82) is 0 Å². The summed E-state index contributed by atoms with van der Waals surface area (Å²) in [5.41, 5.74) is 6.32. The van der Waals surface area contributed by atoms with E-state index >= 15 is 0 Å². The maximum atomic E-state index is 12.6. The van der Waals surface area contributed by atoms with Gasteiger partial charge in [-0.25, -0.2) is 8.42 Å². The quantitative estimate of drug-likeness (QED) is 0.815. The summed E-state index contributed by atoms with van der Waals surface area (Å²) in [5.74, 6) is 0.162. The van der Waals surface area contributed by atoms with E-state index in [2.05, 4.69) is 12.2 Å². The number of carbonyl (C=O) groups is 1. The van der Waals surface area contributed by atoms with Gasteiger partial charge in [0, 0.05) is 19.6 Å². The van der Waals surface area contributed by atoms with Crippen molar-refractivity contribution < 1.29 is 13.2 Å². The molecule has 1 aromatic carbocycles. The van der Waals surface area contributed by atoms with Gasteiger partial charge in [-0.15, -0.1) is 12.4 Å². The van der Waals surface area contributed by atoms with Gasteiger partial charge in [0.2, 0.25) is 15.9 Å².